The van der Waals surface area contributed by atoms with Gasteiger partial charge in [-0.1, -0.05) is 6.42 Å². The van der Waals surface area contributed by atoms with Crippen molar-refractivity contribution in [3.63, 3.8) is 0 Å². The van der Waals surface area contributed by atoms with E-state index in [4.69, 9.17) is 0 Å². The van der Waals surface area contributed by atoms with Crippen LogP contribution >= 0.6 is 0 Å². The Kier molecular flexibility index (Phi) is 4.17. The van der Waals surface area contributed by atoms with Crippen molar-refractivity contribution in [2.45, 2.75) is 45.1 Å². The number of nitrogens with zero attached hydrogens (tertiary/aromatic N) is 3. The molecule has 1 atom stereocenters. The molecule has 1 saturated carbocycles. The van der Waals surface area contributed by atoms with Crippen molar-refractivity contribution >= 4 is 5.95 Å². The summed E-state index contributed by atoms with van der Waals surface area (Å²) >= 11 is 0. The van der Waals surface area contributed by atoms with Crippen LogP contribution in [0.3, 0.4) is 0 Å². The topological polar surface area (TPSA) is 41.1 Å². The Morgan fingerprint density at radius 3 is 2.67 bits per heavy atom. The predicted octanol–water partition coefficient (Wildman–Crippen LogP) is 2.41. The molecule has 0 saturated heterocycles. The molecule has 1 aliphatic rings. The summed E-state index contributed by atoms with van der Waals surface area (Å²) in [6.07, 6.45) is 3.90. The number of nitrogens with one attached hydrogen (secondary N) is 1. The Labute approximate surface area is 110 Å². The standard InChI is InChI=1S/C14H24N4/c1-10-8-13(12-6-5-7-12)17-14(15-10)16-11(2)9-18(3)4/h8,11-12H,5-7,9H2,1-4H3,(H,15,16,17)/t11-/m0/s1. The van der Waals surface area contributed by atoms with Gasteiger partial charge in [0.2, 0.25) is 5.95 Å². The van der Waals surface area contributed by atoms with Gasteiger partial charge < -0.3 is 10.2 Å². The molecular weight excluding hydrogens is 224 g/mol. The minimum atomic E-state index is 0.357. The maximum absolute atomic E-state index is 4.66. The van der Waals surface area contributed by atoms with Crippen molar-refractivity contribution in [2.75, 3.05) is 26.0 Å². The van der Waals surface area contributed by atoms with Crippen molar-refractivity contribution in [2.24, 2.45) is 0 Å². The molecule has 0 aromatic carbocycles. The van der Waals surface area contributed by atoms with Crippen LogP contribution in [0.2, 0.25) is 0 Å². The van der Waals surface area contributed by atoms with E-state index in [-0.39, 0.29) is 0 Å². The molecule has 1 fully saturated rings. The fourth-order valence-corrected chi connectivity index (χ4v) is 2.38. The second-order valence-corrected chi connectivity index (χ2v) is 5.69. The second kappa shape index (κ2) is 5.65. The number of likely N-dealkylation sites (N-methyl/N-ethyl adjacent to an activating group) is 1. The molecule has 18 heavy (non-hydrogen) atoms. The third-order valence-corrected chi connectivity index (χ3v) is 3.41. The zero-order valence-corrected chi connectivity index (χ0v) is 11.9. The first-order valence-corrected chi connectivity index (χ1v) is 6.81. The molecule has 100 valence electrons. The maximum atomic E-state index is 4.66. The lowest BCUT2D eigenvalue weighted by atomic mass is 9.83. The van der Waals surface area contributed by atoms with E-state index >= 15 is 0 Å². The first-order valence-electron chi connectivity index (χ1n) is 6.81. The van der Waals surface area contributed by atoms with Crippen LogP contribution in [-0.4, -0.2) is 41.5 Å². The molecule has 0 aliphatic heterocycles. The molecule has 1 heterocycles. The van der Waals surface area contributed by atoms with Gasteiger partial charge in [-0.25, -0.2) is 9.97 Å². The lowest BCUT2D eigenvalue weighted by Gasteiger charge is -2.25. The number of aromatic nitrogens is 2. The van der Waals surface area contributed by atoms with Gasteiger partial charge in [-0.3, -0.25) is 0 Å². The van der Waals surface area contributed by atoms with Crippen LogP contribution in [0.15, 0.2) is 6.07 Å². The highest BCUT2D eigenvalue weighted by molar-refractivity contribution is 5.31. The van der Waals surface area contributed by atoms with Gasteiger partial charge in [0.25, 0.3) is 0 Å². The Bertz CT molecular complexity index is 399. The minimum absolute atomic E-state index is 0.357. The smallest absolute Gasteiger partial charge is 0.223 e. The number of anilines is 1. The van der Waals surface area contributed by atoms with Crippen LogP contribution in [-0.2, 0) is 0 Å². The van der Waals surface area contributed by atoms with Gasteiger partial charge in [-0.05, 0) is 46.9 Å². The molecule has 2 rings (SSSR count). The number of hydrogen-bond donors (Lipinski definition) is 1. The van der Waals surface area contributed by atoms with Crippen molar-refractivity contribution < 1.29 is 0 Å². The third-order valence-electron chi connectivity index (χ3n) is 3.41. The van der Waals surface area contributed by atoms with E-state index in [0.29, 0.717) is 12.0 Å². The van der Waals surface area contributed by atoms with E-state index in [0.717, 1.165) is 18.2 Å². The largest absolute Gasteiger partial charge is 0.350 e. The molecule has 1 aromatic rings. The van der Waals surface area contributed by atoms with Crippen molar-refractivity contribution in [1.29, 1.82) is 0 Å². The summed E-state index contributed by atoms with van der Waals surface area (Å²) < 4.78 is 0. The van der Waals surface area contributed by atoms with Gasteiger partial charge >= 0.3 is 0 Å². The summed E-state index contributed by atoms with van der Waals surface area (Å²) in [4.78, 5) is 11.3. The third kappa shape index (κ3) is 3.42. The summed E-state index contributed by atoms with van der Waals surface area (Å²) in [5.41, 5.74) is 2.28. The fourth-order valence-electron chi connectivity index (χ4n) is 2.38. The molecule has 0 unspecified atom stereocenters. The van der Waals surface area contributed by atoms with E-state index in [1.165, 1.54) is 25.0 Å². The Hall–Kier alpha value is -1.16. The lowest BCUT2D eigenvalue weighted by Crippen LogP contribution is -2.30. The molecule has 1 N–H and O–H groups in total. The maximum Gasteiger partial charge on any atom is 0.223 e. The van der Waals surface area contributed by atoms with Gasteiger partial charge in [-0.2, -0.15) is 0 Å². The minimum Gasteiger partial charge on any atom is -0.350 e. The second-order valence-electron chi connectivity index (χ2n) is 5.69. The van der Waals surface area contributed by atoms with E-state index in [1.807, 2.05) is 6.92 Å². The zero-order valence-electron chi connectivity index (χ0n) is 11.9. The van der Waals surface area contributed by atoms with Crippen LogP contribution in [0.1, 0.15) is 43.5 Å². The Morgan fingerprint density at radius 2 is 2.11 bits per heavy atom. The average Bonchev–Trinajstić information content (AvgIpc) is 2.11. The van der Waals surface area contributed by atoms with Crippen molar-refractivity contribution in [3.8, 4) is 0 Å². The van der Waals surface area contributed by atoms with Crippen molar-refractivity contribution in [1.82, 2.24) is 14.9 Å². The van der Waals surface area contributed by atoms with Crippen LogP contribution in [0.4, 0.5) is 5.95 Å². The Balaban J connectivity index is 2.05. The molecule has 1 aromatic heterocycles. The van der Waals surface area contributed by atoms with Gasteiger partial charge in [0.1, 0.15) is 0 Å². The molecule has 1 aliphatic carbocycles. The molecule has 4 nitrogen and oxygen atoms in total. The monoisotopic (exact) mass is 248 g/mol. The van der Waals surface area contributed by atoms with Crippen LogP contribution in [0.5, 0.6) is 0 Å². The van der Waals surface area contributed by atoms with Gasteiger partial charge in [0, 0.05) is 29.9 Å². The van der Waals surface area contributed by atoms with E-state index < -0.39 is 0 Å². The summed E-state index contributed by atoms with van der Waals surface area (Å²) in [6, 6.07) is 2.49. The summed E-state index contributed by atoms with van der Waals surface area (Å²) in [5.74, 6) is 1.45. The SMILES string of the molecule is Cc1cc(C2CCC2)nc(N[C@@H](C)CN(C)C)n1. The summed E-state index contributed by atoms with van der Waals surface area (Å²) in [5, 5.41) is 3.39. The Morgan fingerprint density at radius 1 is 1.39 bits per heavy atom. The number of aryl methyl sites for hydroxylation is 1. The average molecular weight is 248 g/mol. The summed E-state index contributed by atoms with van der Waals surface area (Å²) in [7, 11) is 4.16. The van der Waals surface area contributed by atoms with Gasteiger partial charge in [0.05, 0.1) is 0 Å². The lowest BCUT2D eigenvalue weighted by molar-refractivity contribution is 0.390. The fraction of sp³-hybridized carbons (Fsp3) is 0.714. The van der Waals surface area contributed by atoms with E-state index in [1.54, 1.807) is 0 Å². The number of rotatable bonds is 5. The number of hydrogen-bond acceptors (Lipinski definition) is 4. The van der Waals surface area contributed by atoms with Crippen LogP contribution in [0, 0.1) is 6.92 Å². The van der Waals surface area contributed by atoms with Crippen LogP contribution < -0.4 is 5.32 Å². The molecular formula is C14H24N4. The molecule has 0 radical (unpaired) electrons. The zero-order chi connectivity index (χ0) is 13.1. The van der Waals surface area contributed by atoms with Crippen LogP contribution in [0.25, 0.3) is 0 Å². The van der Waals surface area contributed by atoms with Gasteiger partial charge in [0.15, 0.2) is 0 Å². The predicted molar refractivity (Wildman–Crippen MR) is 75.0 cm³/mol. The quantitative estimate of drug-likeness (QED) is 0.869. The molecule has 0 spiro atoms. The molecule has 0 amide bonds. The molecule has 0 bridgehead atoms. The van der Waals surface area contributed by atoms with E-state index in [9.17, 15) is 0 Å². The molecule has 4 heteroatoms. The highest BCUT2D eigenvalue weighted by Gasteiger charge is 2.22. The highest BCUT2D eigenvalue weighted by atomic mass is 15.2. The first-order chi connectivity index (χ1) is 8.54. The van der Waals surface area contributed by atoms with Gasteiger partial charge in [-0.15, -0.1) is 0 Å². The van der Waals surface area contributed by atoms with Crippen molar-refractivity contribution in [3.05, 3.63) is 17.5 Å². The highest BCUT2D eigenvalue weighted by Crippen LogP contribution is 2.35. The summed E-state index contributed by atoms with van der Waals surface area (Å²) in [6.45, 7) is 5.19. The first kappa shape index (κ1) is 13.3. The normalized spacial score (nSPS) is 17.6. The van der Waals surface area contributed by atoms with E-state index in [2.05, 4.69) is 47.3 Å².